The summed E-state index contributed by atoms with van der Waals surface area (Å²) in [6.07, 6.45) is 0.528. The van der Waals surface area contributed by atoms with Crippen LogP contribution in [0.5, 0.6) is 0 Å². The van der Waals surface area contributed by atoms with Gasteiger partial charge in [-0.1, -0.05) is 58.0 Å². The molecule has 0 aliphatic heterocycles. The Morgan fingerprint density at radius 2 is 1.65 bits per heavy atom. The van der Waals surface area contributed by atoms with E-state index < -0.39 is 0 Å². The maximum atomic E-state index is 12.3. The van der Waals surface area contributed by atoms with E-state index in [1.54, 1.807) is 0 Å². The number of carbonyl (C=O) groups is 1. The molecule has 1 aromatic carbocycles. The molecule has 0 unspecified atom stereocenters. The Balaban J connectivity index is 2.87. The fraction of sp³-hybridized carbons (Fsp3) is 0.611. The molecular weight excluding hydrogens is 248 g/mol. The molecule has 2 atom stereocenters. The molecule has 0 saturated carbocycles. The lowest BCUT2D eigenvalue weighted by Gasteiger charge is -2.29. The van der Waals surface area contributed by atoms with E-state index in [2.05, 4.69) is 19.1 Å². The lowest BCUT2D eigenvalue weighted by molar-refractivity contribution is -0.130. The number of benzene rings is 1. The van der Waals surface area contributed by atoms with Crippen LogP contribution in [-0.2, 0) is 9.53 Å². The van der Waals surface area contributed by atoms with Gasteiger partial charge in [0.25, 0.3) is 0 Å². The summed E-state index contributed by atoms with van der Waals surface area (Å²) < 4.78 is 6.01. The fourth-order valence-corrected chi connectivity index (χ4v) is 2.15. The molecule has 0 heterocycles. The van der Waals surface area contributed by atoms with Crippen molar-refractivity contribution < 1.29 is 9.53 Å². The van der Waals surface area contributed by atoms with Crippen LogP contribution in [0.25, 0.3) is 0 Å². The second kappa shape index (κ2) is 7.03. The third-order valence-corrected chi connectivity index (χ3v) is 3.55. The Morgan fingerprint density at radius 1 is 1.10 bits per heavy atom. The maximum Gasteiger partial charge on any atom is 0.140 e. The summed E-state index contributed by atoms with van der Waals surface area (Å²) in [6.45, 7) is 12.1. The molecule has 0 bridgehead atoms. The molecule has 1 aromatic rings. The highest BCUT2D eigenvalue weighted by Gasteiger charge is 2.29. The Morgan fingerprint density at radius 3 is 2.10 bits per heavy atom. The van der Waals surface area contributed by atoms with Gasteiger partial charge >= 0.3 is 0 Å². The first-order valence-electron chi connectivity index (χ1n) is 7.45. The second-order valence-electron chi connectivity index (χ2n) is 6.80. The molecule has 0 aromatic heterocycles. The van der Waals surface area contributed by atoms with E-state index in [9.17, 15) is 4.79 Å². The molecule has 0 fully saturated rings. The summed E-state index contributed by atoms with van der Waals surface area (Å²) >= 11 is 0. The van der Waals surface area contributed by atoms with Crippen molar-refractivity contribution in [3.8, 4) is 0 Å². The molecule has 2 nitrogen and oxygen atoms in total. The van der Waals surface area contributed by atoms with Crippen LogP contribution in [0.4, 0.5) is 0 Å². The Labute approximate surface area is 123 Å². The van der Waals surface area contributed by atoms with Gasteiger partial charge < -0.3 is 4.74 Å². The van der Waals surface area contributed by atoms with Crippen molar-refractivity contribution in [3.63, 3.8) is 0 Å². The van der Waals surface area contributed by atoms with Gasteiger partial charge in [-0.2, -0.15) is 0 Å². The molecule has 0 aliphatic carbocycles. The third-order valence-electron chi connectivity index (χ3n) is 3.55. The number of rotatable bonds is 6. The molecule has 2 heteroatoms. The normalized spacial score (nSPS) is 15.2. The summed E-state index contributed by atoms with van der Waals surface area (Å²) in [5.41, 5.74) is 0.912. The number of Topliss-reactive ketones (excluding diaryl/α,β-unsaturated/α-hetero) is 1. The summed E-state index contributed by atoms with van der Waals surface area (Å²) in [5, 5.41) is 0. The second-order valence-corrected chi connectivity index (χ2v) is 6.80. The van der Waals surface area contributed by atoms with E-state index >= 15 is 0 Å². The van der Waals surface area contributed by atoms with E-state index in [0.717, 1.165) is 0 Å². The maximum absolute atomic E-state index is 12.3. The van der Waals surface area contributed by atoms with Crippen molar-refractivity contribution in [3.05, 3.63) is 35.9 Å². The standard InChI is InChI=1S/C18H28O2/c1-13(2)20-16(12-17(19)18(4,5)6)14(3)15-10-8-7-9-11-15/h7-11,13-14,16H,12H2,1-6H3/t14-,16-/m1/s1. The first-order valence-corrected chi connectivity index (χ1v) is 7.45. The van der Waals surface area contributed by atoms with E-state index in [0.29, 0.717) is 6.42 Å². The zero-order valence-electron chi connectivity index (χ0n) is 13.6. The van der Waals surface area contributed by atoms with Crippen molar-refractivity contribution in [1.82, 2.24) is 0 Å². The molecule has 0 amide bonds. The molecule has 112 valence electrons. The lowest BCUT2D eigenvalue weighted by Crippen LogP contribution is -2.31. The van der Waals surface area contributed by atoms with Gasteiger partial charge in [0.05, 0.1) is 12.2 Å². The van der Waals surface area contributed by atoms with Crippen LogP contribution in [0.2, 0.25) is 0 Å². The van der Waals surface area contributed by atoms with Gasteiger partial charge in [0.2, 0.25) is 0 Å². The Hall–Kier alpha value is -1.15. The number of ether oxygens (including phenoxy) is 1. The minimum absolute atomic E-state index is 0.0656. The minimum atomic E-state index is -0.311. The highest BCUT2D eigenvalue weighted by molar-refractivity contribution is 5.84. The molecule has 0 aliphatic rings. The number of hydrogen-bond acceptors (Lipinski definition) is 2. The molecule has 20 heavy (non-hydrogen) atoms. The summed E-state index contributed by atoms with van der Waals surface area (Å²) in [5.74, 6) is 0.468. The zero-order valence-corrected chi connectivity index (χ0v) is 13.6. The molecule has 0 radical (unpaired) electrons. The SMILES string of the molecule is CC(C)O[C@H](CC(=O)C(C)(C)C)[C@H](C)c1ccccc1. The number of hydrogen-bond donors (Lipinski definition) is 0. The van der Waals surface area contributed by atoms with Gasteiger partial charge in [0.15, 0.2) is 0 Å². The number of carbonyl (C=O) groups excluding carboxylic acids is 1. The van der Waals surface area contributed by atoms with Crippen LogP contribution in [0, 0.1) is 5.41 Å². The Kier molecular flexibility index (Phi) is 5.94. The van der Waals surface area contributed by atoms with Crippen molar-refractivity contribution >= 4 is 5.78 Å². The van der Waals surface area contributed by atoms with Crippen LogP contribution >= 0.6 is 0 Å². The highest BCUT2D eigenvalue weighted by atomic mass is 16.5. The van der Waals surface area contributed by atoms with E-state index in [1.807, 2.05) is 52.8 Å². The van der Waals surface area contributed by atoms with Crippen molar-refractivity contribution in [2.24, 2.45) is 5.41 Å². The third kappa shape index (κ3) is 5.09. The minimum Gasteiger partial charge on any atom is -0.374 e. The predicted molar refractivity (Wildman–Crippen MR) is 83.9 cm³/mol. The largest absolute Gasteiger partial charge is 0.374 e. The number of ketones is 1. The van der Waals surface area contributed by atoms with Gasteiger partial charge in [-0.25, -0.2) is 0 Å². The van der Waals surface area contributed by atoms with Crippen molar-refractivity contribution in [1.29, 1.82) is 0 Å². The van der Waals surface area contributed by atoms with E-state index in [-0.39, 0.29) is 29.3 Å². The average molecular weight is 276 g/mol. The first kappa shape index (κ1) is 16.9. The van der Waals surface area contributed by atoms with Crippen molar-refractivity contribution in [2.75, 3.05) is 0 Å². The van der Waals surface area contributed by atoms with Gasteiger partial charge in [0, 0.05) is 17.8 Å². The summed E-state index contributed by atoms with van der Waals surface area (Å²) in [7, 11) is 0. The smallest absolute Gasteiger partial charge is 0.140 e. The van der Waals surface area contributed by atoms with Gasteiger partial charge in [0.1, 0.15) is 5.78 Å². The Bertz CT molecular complexity index is 415. The summed E-state index contributed by atoms with van der Waals surface area (Å²) in [4.78, 5) is 12.3. The molecule has 0 spiro atoms. The topological polar surface area (TPSA) is 26.3 Å². The van der Waals surface area contributed by atoms with Crippen LogP contribution < -0.4 is 0 Å². The average Bonchev–Trinajstić information content (AvgIpc) is 2.36. The van der Waals surface area contributed by atoms with Gasteiger partial charge in [-0.3, -0.25) is 4.79 Å². The van der Waals surface area contributed by atoms with Gasteiger partial charge in [-0.05, 0) is 19.4 Å². The van der Waals surface area contributed by atoms with E-state index in [1.165, 1.54) is 5.56 Å². The van der Waals surface area contributed by atoms with Crippen LogP contribution in [0.3, 0.4) is 0 Å². The first-order chi connectivity index (χ1) is 9.21. The molecule has 1 rings (SSSR count). The lowest BCUT2D eigenvalue weighted by atomic mass is 9.83. The van der Waals surface area contributed by atoms with Gasteiger partial charge in [-0.15, -0.1) is 0 Å². The predicted octanol–water partition coefficient (Wildman–Crippen LogP) is 4.59. The van der Waals surface area contributed by atoms with Crippen LogP contribution in [-0.4, -0.2) is 18.0 Å². The molecule has 0 saturated heterocycles. The van der Waals surface area contributed by atoms with E-state index in [4.69, 9.17) is 4.74 Å². The van der Waals surface area contributed by atoms with Crippen molar-refractivity contribution in [2.45, 2.75) is 66.1 Å². The molecular formula is C18H28O2. The summed E-state index contributed by atoms with van der Waals surface area (Å²) in [6, 6.07) is 10.3. The van der Waals surface area contributed by atoms with Crippen LogP contribution in [0.15, 0.2) is 30.3 Å². The monoisotopic (exact) mass is 276 g/mol. The van der Waals surface area contributed by atoms with Crippen LogP contribution in [0.1, 0.15) is 59.4 Å². The quantitative estimate of drug-likeness (QED) is 0.759. The zero-order chi connectivity index (χ0) is 15.3. The molecule has 0 N–H and O–H groups in total. The fourth-order valence-electron chi connectivity index (χ4n) is 2.15. The highest BCUT2D eigenvalue weighted by Crippen LogP contribution is 2.28.